The predicted octanol–water partition coefficient (Wildman–Crippen LogP) is 3.76. The van der Waals surface area contributed by atoms with Gasteiger partial charge in [0.15, 0.2) is 0 Å². The second-order valence-corrected chi connectivity index (χ2v) is 8.94. The van der Waals surface area contributed by atoms with E-state index in [0.29, 0.717) is 17.8 Å². The van der Waals surface area contributed by atoms with Crippen LogP contribution < -0.4 is 14.9 Å². The van der Waals surface area contributed by atoms with E-state index in [-0.39, 0.29) is 0 Å². The minimum Gasteiger partial charge on any atom is -0.369 e. The van der Waals surface area contributed by atoms with Crippen LogP contribution in [0.2, 0.25) is 0 Å². The van der Waals surface area contributed by atoms with Crippen molar-refractivity contribution in [3.8, 4) is 0 Å². The van der Waals surface area contributed by atoms with E-state index in [1.807, 2.05) is 24.3 Å². The van der Waals surface area contributed by atoms with Gasteiger partial charge in [-0.3, -0.25) is 9.80 Å². The molecule has 6 nitrogen and oxygen atoms in total. The van der Waals surface area contributed by atoms with Crippen LogP contribution >= 0.6 is 12.8 Å². The number of benzene rings is 2. The number of thiol groups is 1. The van der Waals surface area contributed by atoms with Crippen LogP contribution in [0, 0.1) is 0 Å². The highest BCUT2D eigenvalue weighted by Gasteiger charge is 2.29. The largest absolute Gasteiger partial charge is 0.369 e. The molecule has 1 unspecified atom stereocenters. The molecule has 2 fully saturated rings. The Morgan fingerprint density at radius 2 is 1.58 bits per heavy atom. The van der Waals surface area contributed by atoms with Crippen LogP contribution in [0.4, 0.5) is 16.2 Å². The fourth-order valence-corrected chi connectivity index (χ4v) is 4.99. The van der Waals surface area contributed by atoms with E-state index in [1.165, 1.54) is 37.2 Å². The minimum atomic E-state index is -0.575. The lowest BCUT2D eigenvalue weighted by atomic mass is 9.98. The molecule has 7 heteroatoms. The first kappa shape index (κ1) is 22.0. The molecule has 1 atom stereocenters. The number of piperazine rings is 1. The van der Waals surface area contributed by atoms with Crippen molar-refractivity contribution in [3.05, 3.63) is 60.2 Å². The molecule has 31 heavy (non-hydrogen) atoms. The SMILES string of the molecule is CC(c1ccccc1)N1CCC(N2CCN(c3ccc(N(S)C(N)=O)cc3)CC2)CC1. The molecule has 0 saturated carbocycles. The van der Waals surface area contributed by atoms with Gasteiger partial charge in [-0.25, -0.2) is 9.10 Å². The molecule has 2 aliphatic rings. The highest BCUT2D eigenvalue weighted by Crippen LogP contribution is 2.28. The molecule has 0 spiro atoms. The van der Waals surface area contributed by atoms with Gasteiger partial charge in [0.25, 0.3) is 0 Å². The molecular weight excluding hydrogens is 406 g/mol. The van der Waals surface area contributed by atoms with Gasteiger partial charge in [-0.15, -0.1) is 0 Å². The van der Waals surface area contributed by atoms with Gasteiger partial charge in [-0.2, -0.15) is 0 Å². The van der Waals surface area contributed by atoms with Gasteiger partial charge in [0.05, 0.1) is 5.69 Å². The minimum absolute atomic E-state index is 0.490. The van der Waals surface area contributed by atoms with Gasteiger partial charge >= 0.3 is 6.03 Å². The Bertz CT molecular complexity index is 846. The third kappa shape index (κ3) is 5.17. The van der Waals surface area contributed by atoms with E-state index >= 15 is 0 Å². The molecule has 2 amide bonds. The number of hydrogen-bond donors (Lipinski definition) is 2. The number of nitrogens with two attached hydrogens (primary N) is 1. The van der Waals surface area contributed by atoms with E-state index in [4.69, 9.17) is 5.73 Å². The first-order chi connectivity index (χ1) is 15.0. The summed E-state index contributed by atoms with van der Waals surface area (Å²) < 4.78 is 1.16. The maximum Gasteiger partial charge on any atom is 0.329 e. The molecule has 4 rings (SSSR count). The van der Waals surface area contributed by atoms with Gasteiger partial charge < -0.3 is 10.6 Å². The summed E-state index contributed by atoms with van der Waals surface area (Å²) >= 11 is 4.12. The Balaban J connectivity index is 1.26. The van der Waals surface area contributed by atoms with Gasteiger partial charge in [-0.05, 0) is 49.6 Å². The van der Waals surface area contributed by atoms with Crippen molar-refractivity contribution in [3.63, 3.8) is 0 Å². The second kappa shape index (κ2) is 9.94. The number of primary amides is 1. The zero-order valence-corrected chi connectivity index (χ0v) is 19.1. The standard InChI is InChI=1S/C24H33N5OS/c1-19(20-5-3-2-4-6-20)26-13-11-22(12-14-26)28-17-15-27(16-18-28)21-7-9-23(10-8-21)29(31)24(25)30/h2-10,19,22,31H,11-18H2,1H3,(H2,25,30). The molecule has 2 aliphatic heterocycles. The number of piperidine rings is 1. The first-order valence-corrected chi connectivity index (χ1v) is 11.6. The summed E-state index contributed by atoms with van der Waals surface area (Å²) in [6, 6.07) is 19.3. The highest BCUT2D eigenvalue weighted by molar-refractivity contribution is 7.82. The van der Waals surface area contributed by atoms with Crippen molar-refractivity contribution in [2.45, 2.75) is 31.8 Å². The quantitative estimate of drug-likeness (QED) is 0.697. The third-order valence-corrected chi connectivity index (χ3v) is 7.26. The van der Waals surface area contributed by atoms with Gasteiger partial charge in [-0.1, -0.05) is 43.1 Å². The maximum absolute atomic E-state index is 11.3. The summed E-state index contributed by atoms with van der Waals surface area (Å²) in [5, 5.41) is 0. The summed E-state index contributed by atoms with van der Waals surface area (Å²) in [5.41, 5.74) is 8.57. The molecule has 166 valence electrons. The molecule has 0 radical (unpaired) electrons. The van der Waals surface area contributed by atoms with Crippen LogP contribution in [-0.2, 0) is 0 Å². The Morgan fingerprint density at radius 3 is 2.16 bits per heavy atom. The molecular formula is C24H33N5OS. The van der Waals surface area contributed by atoms with Crippen LogP contribution in [-0.4, -0.2) is 61.1 Å². The van der Waals surface area contributed by atoms with E-state index in [2.05, 4.69) is 64.8 Å². The number of rotatable bonds is 5. The molecule has 0 bridgehead atoms. The number of anilines is 2. The number of carbonyl (C=O) groups excluding carboxylic acids is 1. The van der Waals surface area contributed by atoms with Gasteiger partial charge in [0.2, 0.25) is 0 Å². The number of hydrogen-bond acceptors (Lipinski definition) is 5. The van der Waals surface area contributed by atoms with Crippen molar-refractivity contribution in [1.82, 2.24) is 9.80 Å². The Kier molecular flexibility index (Phi) is 7.05. The molecule has 0 aromatic heterocycles. The summed E-state index contributed by atoms with van der Waals surface area (Å²) in [6.45, 7) is 8.92. The van der Waals surface area contributed by atoms with Crippen molar-refractivity contribution in [2.24, 2.45) is 5.73 Å². The van der Waals surface area contributed by atoms with E-state index in [9.17, 15) is 4.79 Å². The zero-order valence-electron chi connectivity index (χ0n) is 18.2. The summed E-state index contributed by atoms with van der Waals surface area (Å²) in [4.78, 5) is 19.0. The Morgan fingerprint density at radius 1 is 0.968 bits per heavy atom. The predicted molar refractivity (Wildman–Crippen MR) is 131 cm³/mol. The molecule has 2 aromatic carbocycles. The first-order valence-electron chi connectivity index (χ1n) is 11.2. The van der Waals surface area contributed by atoms with Crippen LogP contribution in [0.1, 0.15) is 31.4 Å². The highest BCUT2D eigenvalue weighted by atomic mass is 32.1. The smallest absolute Gasteiger partial charge is 0.329 e. The number of nitrogens with zero attached hydrogens (tertiary/aromatic N) is 4. The van der Waals surface area contributed by atoms with Crippen molar-refractivity contribution >= 4 is 30.2 Å². The normalized spacial score (nSPS) is 19.9. The fourth-order valence-electron chi connectivity index (χ4n) is 4.86. The third-order valence-electron chi connectivity index (χ3n) is 6.83. The lowest BCUT2D eigenvalue weighted by Crippen LogP contribution is -2.53. The summed E-state index contributed by atoms with van der Waals surface area (Å²) in [6.07, 6.45) is 2.49. The van der Waals surface area contributed by atoms with Crippen LogP contribution in [0.5, 0.6) is 0 Å². The van der Waals surface area contributed by atoms with Crippen LogP contribution in [0.3, 0.4) is 0 Å². The molecule has 2 aromatic rings. The topological polar surface area (TPSA) is 56.1 Å². The second-order valence-electron chi connectivity index (χ2n) is 8.54. The average molecular weight is 440 g/mol. The zero-order chi connectivity index (χ0) is 21.8. The van der Waals surface area contributed by atoms with Gasteiger partial charge in [0, 0.05) is 57.0 Å². The van der Waals surface area contributed by atoms with Crippen molar-refractivity contribution < 1.29 is 4.79 Å². The molecule has 2 N–H and O–H groups in total. The molecule has 2 heterocycles. The number of likely N-dealkylation sites (tertiary alicyclic amines) is 1. The Hall–Kier alpha value is -2.22. The van der Waals surface area contributed by atoms with Crippen molar-refractivity contribution in [1.29, 1.82) is 0 Å². The fraction of sp³-hybridized carbons (Fsp3) is 0.458. The number of amides is 2. The number of urea groups is 1. The Labute approximate surface area is 191 Å². The monoisotopic (exact) mass is 439 g/mol. The summed E-state index contributed by atoms with van der Waals surface area (Å²) in [5.74, 6) is 0. The maximum atomic E-state index is 11.3. The van der Waals surface area contributed by atoms with Crippen LogP contribution in [0.15, 0.2) is 54.6 Å². The average Bonchev–Trinajstić information content (AvgIpc) is 2.84. The molecule has 0 aliphatic carbocycles. The number of carbonyl (C=O) groups is 1. The lowest BCUT2D eigenvalue weighted by Gasteiger charge is -2.44. The summed E-state index contributed by atoms with van der Waals surface area (Å²) in [7, 11) is 0. The van der Waals surface area contributed by atoms with E-state index in [1.54, 1.807) is 0 Å². The van der Waals surface area contributed by atoms with Crippen LogP contribution in [0.25, 0.3) is 0 Å². The van der Waals surface area contributed by atoms with Crippen molar-refractivity contribution in [2.75, 3.05) is 48.5 Å². The molecule has 2 saturated heterocycles. The lowest BCUT2D eigenvalue weighted by molar-refractivity contribution is 0.0840. The van der Waals surface area contributed by atoms with Gasteiger partial charge in [0.1, 0.15) is 0 Å². The van der Waals surface area contributed by atoms with E-state index < -0.39 is 6.03 Å². The van der Waals surface area contributed by atoms with E-state index in [0.717, 1.165) is 30.5 Å².